The number of piperazine rings is 1. The van der Waals surface area contributed by atoms with Crippen LogP contribution in [0.25, 0.3) is 0 Å². The van der Waals surface area contributed by atoms with Crippen molar-refractivity contribution in [2.75, 3.05) is 30.9 Å². The van der Waals surface area contributed by atoms with Gasteiger partial charge in [0, 0.05) is 43.5 Å². The summed E-state index contributed by atoms with van der Waals surface area (Å²) in [5.41, 5.74) is 1.20. The fourth-order valence-corrected chi connectivity index (χ4v) is 3.64. The van der Waals surface area contributed by atoms with Crippen LogP contribution in [0.2, 0.25) is 0 Å². The number of hydrogen-bond acceptors (Lipinski definition) is 3. The average Bonchev–Trinajstić information content (AvgIpc) is 2.71. The number of amides is 1. The molecule has 2 aromatic carbocycles. The van der Waals surface area contributed by atoms with E-state index in [1.165, 1.54) is 12.1 Å². The Kier molecular flexibility index (Phi) is 6.56. The van der Waals surface area contributed by atoms with Gasteiger partial charge >= 0.3 is 0 Å². The first-order chi connectivity index (χ1) is 13.8. The normalized spacial score (nSPS) is 17.1. The van der Waals surface area contributed by atoms with Gasteiger partial charge in [0.25, 0.3) is 17.2 Å². The first kappa shape index (κ1) is 21.3. The Morgan fingerprint density at radius 1 is 1.07 bits per heavy atom. The molecule has 2 unspecified atom stereocenters. The van der Waals surface area contributed by atoms with E-state index in [4.69, 9.17) is 4.55 Å². The molecule has 6 nitrogen and oxygen atoms in total. The third-order valence-electron chi connectivity index (χ3n) is 4.97. The van der Waals surface area contributed by atoms with Crippen molar-refractivity contribution < 1.29 is 26.7 Å². The van der Waals surface area contributed by atoms with Gasteiger partial charge in [-0.1, -0.05) is 0 Å². The predicted octanol–water partition coefficient (Wildman–Crippen LogP) is 3.17. The van der Waals surface area contributed by atoms with Gasteiger partial charge in [-0.15, -0.1) is 0 Å². The van der Waals surface area contributed by atoms with Crippen LogP contribution in [0.1, 0.15) is 28.9 Å². The highest BCUT2D eigenvalue weighted by Gasteiger charge is 2.26. The molecular weight excluding hydrogens is 407 g/mol. The Balaban J connectivity index is 1.61. The number of halogens is 3. The molecule has 0 bridgehead atoms. The maximum Gasteiger partial charge on any atom is 0.259 e. The van der Waals surface area contributed by atoms with Crippen molar-refractivity contribution in [2.24, 2.45) is 0 Å². The van der Waals surface area contributed by atoms with Crippen molar-refractivity contribution >= 4 is 22.9 Å². The Morgan fingerprint density at radius 3 is 2.14 bits per heavy atom. The van der Waals surface area contributed by atoms with Crippen LogP contribution in [0.15, 0.2) is 36.4 Å². The Bertz CT molecular complexity index is 896. The highest BCUT2D eigenvalue weighted by atomic mass is 32.2. The summed E-state index contributed by atoms with van der Waals surface area (Å²) in [6.07, 6.45) is 0. The monoisotopic (exact) mass is 427 g/mol. The number of rotatable bonds is 5. The Hall–Kier alpha value is -2.43. The number of benzene rings is 2. The molecule has 2 N–H and O–H groups in total. The van der Waals surface area contributed by atoms with E-state index < -0.39 is 28.7 Å². The molecule has 1 aliphatic heterocycles. The first-order valence-electron chi connectivity index (χ1n) is 8.91. The van der Waals surface area contributed by atoms with E-state index in [9.17, 15) is 22.2 Å². The lowest BCUT2D eigenvalue weighted by atomic mass is 10.0. The summed E-state index contributed by atoms with van der Waals surface area (Å²) in [6, 6.07) is 7.87. The van der Waals surface area contributed by atoms with Gasteiger partial charge in [-0.25, -0.2) is 17.4 Å². The number of hydrogen-bond donors (Lipinski definition) is 2. The van der Waals surface area contributed by atoms with E-state index in [-0.39, 0.29) is 11.9 Å². The van der Waals surface area contributed by atoms with E-state index in [0.29, 0.717) is 43.0 Å². The molecule has 1 amide bonds. The van der Waals surface area contributed by atoms with Gasteiger partial charge in [0.2, 0.25) is 0 Å². The fraction of sp³-hybridized carbons (Fsp3) is 0.316. The average molecular weight is 427 g/mol. The summed E-state index contributed by atoms with van der Waals surface area (Å²) in [7, 11) is 0. The van der Waals surface area contributed by atoms with Crippen LogP contribution in [0.5, 0.6) is 0 Å². The molecule has 1 heterocycles. The van der Waals surface area contributed by atoms with Crippen LogP contribution in [0.4, 0.5) is 18.9 Å². The zero-order valence-electron chi connectivity index (χ0n) is 15.6. The fourth-order valence-electron chi connectivity index (χ4n) is 3.30. The van der Waals surface area contributed by atoms with Crippen LogP contribution in [0, 0.1) is 17.5 Å². The molecule has 2 atom stereocenters. The van der Waals surface area contributed by atoms with E-state index in [2.05, 4.69) is 4.72 Å². The predicted molar refractivity (Wildman–Crippen MR) is 103 cm³/mol. The number of carbonyl (C=O) groups is 1. The molecule has 1 aliphatic rings. The zero-order chi connectivity index (χ0) is 21.1. The van der Waals surface area contributed by atoms with Crippen molar-refractivity contribution in [1.82, 2.24) is 9.80 Å². The molecule has 1 saturated heterocycles. The maximum absolute atomic E-state index is 13.5. The molecule has 0 radical (unpaired) electrons. The zero-order valence-corrected chi connectivity index (χ0v) is 16.4. The van der Waals surface area contributed by atoms with Gasteiger partial charge in [-0.2, -0.15) is 0 Å². The smallest absolute Gasteiger partial charge is 0.259 e. The molecule has 2 aromatic rings. The van der Waals surface area contributed by atoms with Crippen molar-refractivity contribution in [2.45, 2.75) is 13.0 Å². The molecule has 0 saturated carbocycles. The van der Waals surface area contributed by atoms with Crippen LogP contribution in [-0.4, -0.2) is 50.6 Å². The van der Waals surface area contributed by atoms with E-state index in [1.807, 2.05) is 4.90 Å². The van der Waals surface area contributed by atoms with Gasteiger partial charge in [0.1, 0.15) is 0 Å². The lowest BCUT2D eigenvalue weighted by Crippen LogP contribution is -2.49. The summed E-state index contributed by atoms with van der Waals surface area (Å²) >= 11 is -2.19. The van der Waals surface area contributed by atoms with Gasteiger partial charge in [0.15, 0.2) is 17.5 Å². The van der Waals surface area contributed by atoms with Crippen LogP contribution >= 0.6 is 0 Å². The molecule has 0 aliphatic carbocycles. The topological polar surface area (TPSA) is 72.9 Å². The molecule has 29 heavy (non-hydrogen) atoms. The molecular formula is C19H20F3N3O3S. The molecule has 10 heteroatoms. The summed E-state index contributed by atoms with van der Waals surface area (Å²) in [5, 5.41) is 0. The highest BCUT2D eigenvalue weighted by molar-refractivity contribution is 7.80. The van der Waals surface area contributed by atoms with Gasteiger partial charge in [-0.05, 0) is 48.9 Å². The standard InChI is InChI=1S/C19H20F3N3O3S/c1-12(14-10-16(20)18(22)17(21)11-14)24-6-8-25(9-7-24)19(26)13-2-4-15(5-3-13)23-29(27)28/h2-5,10-12,23H,6-9H2,1H3,(H,27,28). The lowest BCUT2D eigenvalue weighted by Gasteiger charge is -2.38. The Labute approximate surface area is 168 Å². The summed E-state index contributed by atoms with van der Waals surface area (Å²) in [6.45, 7) is 3.62. The molecule has 0 spiro atoms. The third kappa shape index (κ3) is 4.95. The number of nitrogens with one attached hydrogen (secondary N) is 1. The number of nitrogens with zero attached hydrogens (tertiary/aromatic N) is 2. The number of carbonyl (C=O) groups excluding carboxylic acids is 1. The van der Waals surface area contributed by atoms with E-state index in [0.717, 1.165) is 12.1 Å². The molecule has 3 rings (SSSR count). The second-order valence-corrected chi connectivity index (χ2v) is 7.43. The Morgan fingerprint density at radius 2 is 1.62 bits per heavy atom. The lowest BCUT2D eigenvalue weighted by molar-refractivity contribution is 0.0581. The van der Waals surface area contributed by atoms with Crippen molar-refractivity contribution in [3.63, 3.8) is 0 Å². The maximum atomic E-state index is 13.5. The van der Waals surface area contributed by atoms with Gasteiger partial charge in [-0.3, -0.25) is 19.0 Å². The first-order valence-corrected chi connectivity index (χ1v) is 10.0. The summed E-state index contributed by atoms with van der Waals surface area (Å²) < 4.78 is 62.0. The van der Waals surface area contributed by atoms with E-state index >= 15 is 0 Å². The van der Waals surface area contributed by atoms with E-state index in [1.54, 1.807) is 24.0 Å². The highest BCUT2D eigenvalue weighted by Crippen LogP contribution is 2.25. The largest absolute Gasteiger partial charge is 0.336 e. The molecule has 1 fully saturated rings. The van der Waals surface area contributed by atoms with Crippen molar-refractivity contribution in [1.29, 1.82) is 0 Å². The van der Waals surface area contributed by atoms with Gasteiger partial charge < -0.3 is 4.90 Å². The summed E-state index contributed by atoms with van der Waals surface area (Å²) in [4.78, 5) is 16.3. The minimum absolute atomic E-state index is 0.173. The molecule has 156 valence electrons. The second kappa shape index (κ2) is 8.93. The molecule has 0 aromatic heterocycles. The number of anilines is 1. The third-order valence-corrected chi connectivity index (χ3v) is 5.39. The minimum atomic E-state index is -2.19. The van der Waals surface area contributed by atoms with Crippen molar-refractivity contribution in [3.8, 4) is 0 Å². The van der Waals surface area contributed by atoms with Gasteiger partial charge in [0.05, 0.1) is 0 Å². The second-order valence-electron chi connectivity index (χ2n) is 6.73. The SMILES string of the molecule is CC(c1cc(F)c(F)c(F)c1)N1CCN(C(=O)c2ccc(NS(=O)O)cc2)CC1. The minimum Gasteiger partial charge on any atom is -0.336 e. The van der Waals surface area contributed by atoms with Crippen LogP contribution in [-0.2, 0) is 11.3 Å². The van der Waals surface area contributed by atoms with Crippen LogP contribution in [0.3, 0.4) is 0 Å². The van der Waals surface area contributed by atoms with Crippen LogP contribution < -0.4 is 4.72 Å². The quantitative estimate of drug-likeness (QED) is 0.568. The summed E-state index contributed by atoms with van der Waals surface area (Å²) in [5.74, 6) is -4.09. The van der Waals surface area contributed by atoms with Crippen molar-refractivity contribution in [3.05, 3.63) is 65.0 Å².